The van der Waals surface area contributed by atoms with Gasteiger partial charge >= 0.3 is 5.97 Å². The van der Waals surface area contributed by atoms with Crippen molar-refractivity contribution in [1.82, 2.24) is 14.5 Å². The Morgan fingerprint density at radius 2 is 2.35 bits per heavy atom. The Balaban J connectivity index is 2.12. The Morgan fingerprint density at radius 1 is 1.60 bits per heavy atom. The third-order valence-corrected chi connectivity index (χ3v) is 3.91. The molecule has 0 spiro atoms. The van der Waals surface area contributed by atoms with Crippen LogP contribution in [0.15, 0.2) is 12.5 Å². The Hall–Kier alpha value is -1.40. The van der Waals surface area contributed by atoms with E-state index in [-0.39, 0.29) is 6.04 Å². The van der Waals surface area contributed by atoms with E-state index in [1.807, 2.05) is 19.4 Å². The molecule has 1 saturated heterocycles. The molecule has 0 radical (unpaired) electrons. The van der Waals surface area contributed by atoms with Crippen molar-refractivity contribution >= 4 is 5.97 Å². The lowest BCUT2D eigenvalue weighted by Crippen LogP contribution is -2.43. The van der Waals surface area contributed by atoms with Crippen molar-refractivity contribution in [3.63, 3.8) is 0 Å². The zero-order chi connectivity index (χ0) is 14.7. The largest absolute Gasteiger partial charge is 0.481 e. The fourth-order valence-electron chi connectivity index (χ4n) is 2.73. The first-order valence-electron chi connectivity index (χ1n) is 7.09. The first-order chi connectivity index (χ1) is 9.54. The van der Waals surface area contributed by atoms with E-state index in [2.05, 4.69) is 28.3 Å². The number of hydrogen-bond donors (Lipinski definition) is 1. The van der Waals surface area contributed by atoms with Gasteiger partial charge in [0.25, 0.3) is 0 Å². The van der Waals surface area contributed by atoms with Crippen LogP contribution >= 0.6 is 0 Å². The van der Waals surface area contributed by atoms with Crippen LogP contribution in [-0.4, -0.2) is 51.3 Å². The second-order valence-electron chi connectivity index (χ2n) is 5.50. The van der Waals surface area contributed by atoms with Gasteiger partial charge in [0.2, 0.25) is 0 Å². The molecular weight excluding hydrogens is 258 g/mol. The summed E-state index contributed by atoms with van der Waals surface area (Å²) in [6.07, 6.45) is 3.68. The zero-order valence-corrected chi connectivity index (χ0v) is 12.3. The molecule has 112 valence electrons. The highest BCUT2D eigenvalue weighted by atomic mass is 16.5. The van der Waals surface area contributed by atoms with E-state index < -0.39 is 11.9 Å². The number of rotatable bonds is 6. The molecule has 0 aliphatic carbocycles. The second kappa shape index (κ2) is 6.37. The van der Waals surface area contributed by atoms with E-state index in [4.69, 9.17) is 4.74 Å². The predicted molar refractivity (Wildman–Crippen MR) is 74.4 cm³/mol. The highest BCUT2D eigenvalue weighted by Crippen LogP contribution is 2.22. The molecule has 1 aliphatic rings. The quantitative estimate of drug-likeness (QED) is 0.853. The van der Waals surface area contributed by atoms with Crippen LogP contribution in [0.5, 0.6) is 0 Å². The van der Waals surface area contributed by atoms with Crippen LogP contribution in [-0.2, 0) is 16.1 Å². The van der Waals surface area contributed by atoms with E-state index in [0.29, 0.717) is 25.8 Å². The summed E-state index contributed by atoms with van der Waals surface area (Å²) in [5.41, 5.74) is 1.11. The molecule has 2 atom stereocenters. The van der Waals surface area contributed by atoms with Gasteiger partial charge in [0.05, 0.1) is 31.2 Å². The predicted octanol–water partition coefficient (Wildman–Crippen LogP) is 1.39. The maximum absolute atomic E-state index is 11.3. The first kappa shape index (κ1) is 15.0. The second-order valence-corrected chi connectivity index (χ2v) is 5.50. The van der Waals surface area contributed by atoms with E-state index in [1.54, 1.807) is 0 Å². The molecule has 6 heteroatoms. The number of carboxylic acid groups (broad SMARTS) is 1. The summed E-state index contributed by atoms with van der Waals surface area (Å²) >= 11 is 0. The Labute approximate surface area is 119 Å². The van der Waals surface area contributed by atoms with Crippen molar-refractivity contribution < 1.29 is 14.6 Å². The number of aliphatic carboxylic acids is 1. The molecule has 1 aromatic rings. The molecule has 2 heterocycles. The maximum atomic E-state index is 11.3. The molecule has 6 nitrogen and oxygen atoms in total. The molecule has 1 fully saturated rings. The highest BCUT2D eigenvalue weighted by molar-refractivity contribution is 5.71. The molecule has 2 rings (SSSR count). The smallest absolute Gasteiger partial charge is 0.310 e. The SMILES string of the molecule is CCN(Cc1cncn1C(C)C)C1COCC1C(=O)O. The van der Waals surface area contributed by atoms with Crippen molar-refractivity contribution in [2.24, 2.45) is 5.92 Å². The number of aromatic nitrogens is 2. The summed E-state index contributed by atoms with van der Waals surface area (Å²) in [6.45, 7) is 8.56. The van der Waals surface area contributed by atoms with Gasteiger partial charge in [-0.25, -0.2) is 4.98 Å². The molecule has 20 heavy (non-hydrogen) atoms. The number of carboxylic acids is 1. The molecule has 0 amide bonds. The maximum Gasteiger partial charge on any atom is 0.310 e. The Morgan fingerprint density at radius 3 is 2.95 bits per heavy atom. The molecule has 1 N–H and O–H groups in total. The summed E-state index contributed by atoms with van der Waals surface area (Å²) in [4.78, 5) is 17.7. The number of carbonyl (C=O) groups is 1. The average Bonchev–Trinajstić information content (AvgIpc) is 3.04. The molecule has 2 unspecified atom stereocenters. The minimum absolute atomic E-state index is 0.0620. The number of likely N-dealkylation sites (N-methyl/N-ethyl adjacent to an activating group) is 1. The highest BCUT2D eigenvalue weighted by Gasteiger charge is 2.37. The molecule has 0 aromatic carbocycles. The monoisotopic (exact) mass is 281 g/mol. The average molecular weight is 281 g/mol. The molecular formula is C14H23N3O3. The zero-order valence-electron chi connectivity index (χ0n) is 12.3. The van der Waals surface area contributed by atoms with Crippen LogP contribution in [0.2, 0.25) is 0 Å². The minimum atomic E-state index is -0.775. The van der Waals surface area contributed by atoms with Crippen LogP contribution in [0.1, 0.15) is 32.5 Å². The van der Waals surface area contributed by atoms with Gasteiger partial charge in [-0.05, 0) is 20.4 Å². The van der Waals surface area contributed by atoms with Gasteiger partial charge in [-0.2, -0.15) is 0 Å². The summed E-state index contributed by atoms with van der Waals surface area (Å²) in [5, 5.41) is 9.27. The van der Waals surface area contributed by atoms with Crippen LogP contribution in [0, 0.1) is 5.92 Å². The molecule has 1 aliphatic heterocycles. The normalized spacial score (nSPS) is 22.9. The number of nitrogens with zero attached hydrogens (tertiary/aromatic N) is 3. The van der Waals surface area contributed by atoms with Crippen molar-refractivity contribution in [3.8, 4) is 0 Å². The van der Waals surface area contributed by atoms with Gasteiger partial charge in [-0.3, -0.25) is 9.69 Å². The van der Waals surface area contributed by atoms with E-state index >= 15 is 0 Å². The van der Waals surface area contributed by atoms with Crippen molar-refractivity contribution in [1.29, 1.82) is 0 Å². The van der Waals surface area contributed by atoms with Crippen LogP contribution in [0.3, 0.4) is 0 Å². The van der Waals surface area contributed by atoms with Gasteiger partial charge in [0.1, 0.15) is 0 Å². The topological polar surface area (TPSA) is 67.6 Å². The molecule has 0 saturated carbocycles. The molecule has 0 bridgehead atoms. The number of hydrogen-bond acceptors (Lipinski definition) is 4. The lowest BCUT2D eigenvalue weighted by atomic mass is 10.0. The fourth-order valence-corrected chi connectivity index (χ4v) is 2.73. The summed E-state index contributed by atoms with van der Waals surface area (Å²) in [7, 11) is 0. The number of imidazole rings is 1. The summed E-state index contributed by atoms with van der Waals surface area (Å²) in [5.74, 6) is -1.21. The summed E-state index contributed by atoms with van der Waals surface area (Å²) < 4.78 is 7.49. The van der Waals surface area contributed by atoms with Gasteiger partial charge < -0.3 is 14.4 Å². The standard InChI is InChI=1S/C14H23N3O3/c1-4-16(13-8-20-7-12(13)14(18)19)6-11-5-15-9-17(11)10(2)3/h5,9-10,12-13H,4,6-8H2,1-3H3,(H,18,19). The third-order valence-electron chi connectivity index (χ3n) is 3.91. The van der Waals surface area contributed by atoms with Crippen LogP contribution in [0.4, 0.5) is 0 Å². The summed E-state index contributed by atoms with van der Waals surface area (Å²) in [6, 6.07) is 0.286. The van der Waals surface area contributed by atoms with Crippen LogP contribution < -0.4 is 0 Å². The van der Waals surface area contributed by atoms with Crippen molar-refractivity contribution in [2.75, 3.05) is 19.8 Å². The van der Waals surface area contributed by atoms with Crippen LogP contribution in [0.25, 0.3) is 0 Å². The lowest BCUT2D eigenvalue weighted by Gasteiger charge is -2.29. The van der Waals surface area contributed by atoms with E-state index in [0.717, 1.165) is 12.2 Å². The Kier molecular flexibility index (Phi) is 4.77. The van der Waals surface area contributed by atoms with E-state index in [1.165, 1.54) is 0 Å². The Bertz CT molecular complexity index is 458. The number of ether oxygens (including phenoxy) is 1. The third kappa shape index (κ3) is 3.02. The van der Waals surface area contributed by atoms with Crippen molar-refractivity contribution in [3.05, 3.63) is 18.2 Å². The fraction of sp³-hybridized carbons (Fsp3) is 0.714. The first-order valence-corrected chi connectivity index (χ1v) is 7.09. The lowest BCUT2D eigenvalue weighted by molar-refractivity contribution is -0.143. The van der Waals surface area contributed by atoms with Crippen molar-refractivity contribution in [2.45, 2.75) is 39.4 Å². The van der Waals surface area contributed by atoms with Gasteiger partial charge in [0.15, 0.2) is 0 Å². The van der Waals surface area contributed by atoms with E-state index in [9.17, 15) is 9.90 Å². The van der Waals surface area contributed by atoms with Gasteiger partial charge in [-0.1, -0.05) is 6.92 Å². The minimum Gasteiger partial charge on any atom is -0.481 e. The van der Waals surface area contributed by atoms with Gasteiger partial charge in [0, 0.05) is 24.8 Å². The van der Waals surface area contributed by atoms with Gasteiger partial charge in [-0.15, -0.1) is 0 Å². The molecule has 1 aromatic heterocycles.